The normalized spacial score (nSPS) is 27.2. The fourth-order valence-corrected chi connectivity index (χ4v) is 3.38. The largest absolute Gasteiger partial charge is 0.361 e. The number of amides is 1. The molecule has 0 spiro atoms. The number of aromatic nitrogens is 1. The van der Waals surface area contributed by atoms with Gasteiger partial charge in [0.15, 0.2) is 0 Å². The smallest absolute Gasteiger partial charge is 0.227 e. The summed E-state index contributed by atoms with van der Waals surface area (Å²) in [6.07, 6.45) is 3.03. The highest BCUT2D eigenvalue weighted by atomic mass is 16.5. The molecule has 1 aliphatic heterocycles. The first kappa shape index (κ1) is 14.5. The molecule has 0 radical (unpaired) electrons. The van der Waals surface area contributed by atoms with Gasteiger partial charge >= 0.3 is 0 Å². The van der Waals surface area contributed by atoms with Crippen LogP contribution in [-0.4, -0.2) is 53.1 Å². The zero-order chi connectivity index (χ0) is 14.8. The molecule has 2 heterocycles. The fourth-order valence-electron chi connectivity index (χ4n) is 3.38. The predicted molar refractivity (Wildman–Crippen MR) is 78.4 cm³/mol. The van der Waals surface area contributed by atoms with E-state index in [9.17, 15) is 4.79 Å². The summed E-state index contributed by atoms with van der Waals surface area (Å²) >= 11 is 0. The lowest BCUT2D eigenvalue weighted by Gasteiger charge is -2.36. The van der Waals surface area contributed by atoms with Crippen LogP contribution in [0.5, 0.6) is 0 Å². The summed E-state index contributed by atoms with van der Waals surface area (Å²) < 4.78 is 5.09. The molecular formula is C15H24N4O2. The molecule has 1 aromatic heterocycles. The predicted octanol–water partition coefficient (Wildman–Crippen LogP) is 0.755. The van der Waals surface area contributed by atoms with Crippen molar-refractivity contribution in [3.8, 4) is 0 Å². The van der Waals surface area contributed by atoms with Gasteiger partial charge in [-0.1, -0.05) is 11.6 Å². The topological polar surface area (TPSA) is 75.6 Å². The first-order valence-corrected chi connectivity index (χ1v) is 7.82. The maximum Gasteiger partial charge on any atom is 0.227 e. The number of carbonyl (C=O) groups is 1. The van der Waals surface area contributed by atoms with Crippen LogP contribution in [0.15, 0.2) is 10.6 Å². The minimum Gasteiger partial charge on any atom is -0.361 e. The summed E-state index contributed by atoms with van der Waals surface area (Å²) in [5.41, 5.74) is 7.00. The van der Waals surface area contributed by atoms with Gasteiger partial charge in [-0.2, -0.15) is 0 Å². The van der Waals surface area contributed by atoms with Gasteiger partial charge in [-0.05, 0) is 19.8 Å². The quantitative estimate of drug-likeness (QED) is 0.890. The molecule has 2 unspecified atom stereocenters. The molecule has 1 aliphatic carbocycles. The number of rotatable bonds is 3. The number of hydrogen-bond donors (Lipinski definition) is 1. The molecular weight excluding hydrogens is 268 g/mol. The number of hydrogen-bond acceptors (Lipinski definition) is 5. The van der Waals surface area contributed by atoms with Crippen molar-refractivity contribution < 1.29 is 9.32 Å². The van der Waals surface area contributed by atoms with Crippen molar-refractivity contribution >= 4 is 5.91 Å². The molecule has 2 fully saturated rings. The minimum absolute atomic E-state index is 0.0507. The zero-order valence-corrected chi connectivity index (χ0v) is 12.6. The molecule has 21 heavy (non-hydrogen) atoms. The molecule has 0 aromatic carbocycles. The van der Waals surface area contributed by atoms with Gasteiger partial charge in [0.25, 0.3) is 0 Å². The van der Waals surface area contributed by atoms with Crippen LogP contribution in [0.3, 0.4) is 0 Å². The van der Waals surface area contributed by atoms with E-state index in [-0.39, 0.29) is 17.9 Å². The highest BCUT2D eigenvalue weighted by molar-refractivity contribution is 5.80. The lowest BCUT2D eigenvalue weighted by molar-refractivity contribution is -0.137. The number of nitrogens with two attached hydrogens (primary N) is 1. The maximum atomic E-state index is 12.5. The van der Waals surface area contributed by atoms with Crippen LogP contribution in [0, 0.1) is 12.8 Å². The maximum absolute atomic E-state index is 12.5. The summed E-state index contributed by atoms with van der Waals surface area (Å²) in [6.45, 7) is 6.05. The van der Waals surface area contributed by atoms with Crippen molar-refractivity contribution in [3.63, 3.8) is 0 Å². The number of carbonyl (C=O) groups excluding carboxylic acids is 1. The van der Waals surface area contributed by atoms with Gasteiger partial charge in [-0.15, -0.1) is 0 Å². The fraction of sp³-hybridized carbons (Fsp3) is 0.733. The van der Waals surface area contributed by atoms with Gasteiger partial charge in [-0.3, -0.25) is 9.69 Å². The van der Waals surface area contributed by atoms with Crippen LogP contribution < -0.4 is 5.73 Å². The van der Waals surface area contributed by atoms with Gasteiger partial charge in [0, 0.05) is 44.8 Å². The van der Waals surface area contributed by atoms with Crippen molar-refractivity contribution in [1.82, 2.24) is 15.0 Å². The molecule has 1 saturated carbocycles. The van der Waals surface area contributed by atoms with Gasteiger partial charge in [0.2, 0.25) is 5.91 Å². The zero-order valence-electron chi connectivity index (χ0n) is 12.6. The number of piperazine rings is 1. The van der Waals surface area contributed by atoms with Crippen LogP contribution in [-0.2, 0) is 11.3 Å². The molecule has 2 N–H and O–H groups in total. The van der Waals surface area contributed by atoms with Crippen molar-refractivity contribution in [2.45, 2.75) is 38.8 Å². The Kier molecular flexibility index (Phi) is 4.26. The average Bonchev–Trinajstić information content (AvgIpc) is 3.08. The second kappa shape index (κ2) is 6.15. The Labute approximate surface area is 125 Å². The molecule has 1 amide bonds. The molecule has 6 nitrogen and oxygen atoms in total. The Morgan fingerprint density at radius 1 is 1.38 bits per heavy atom. The van der Waals surface area contributed by atoms with Crippen LogP contribution in [0.1, 0.15) is 30.7 Å². The van der Waals surface area contributed by atoms with E-state index >= 15 is 0 Å². The Morgan fingerprint density at radius 3 is 2.71 bits per heavy atom. The monoisotopic (exact) mass is 292 g/mol. The third-order valence-corrected chi connectivity index (χ3v) is 4.63. The van der Waals surface area contributed by atoms with E-state index in [0.29, 0.717) is 0 Å². The Hall–Kier alpha value is -1.40. The average molecular weight is 292 g/mol. The molecule has 0 bridgehead atoms. The molecule has 2 atom stereocenters. The van der Waals surface area contributed by atoms with Gasteiger partial charge in [-0.25, -0.2) is 0 Å². The van der Waals surface area contributed by atoms with Crippen LogP contribution in [0.4, 0.5) is 0 Å². The third-order valence-electron chi connectivity index (χ3n) is 4.63. The summed E-state index contributed by atoms with van der Waals surface area (Å²) in [7, 11) is 0. The van der Waals surface area contributed by atoms with E-state index in [1.807, 2.05) is 17.9 Å². The lowest BCUT2D eigenvalue weighted by Crippen LogP contribution is -2.51. The molecule has 1 saturated heterocycles. The summed E-state index contributed by atoms with van der Waals surface area (Å²) in [4.78, 5) is 16.8. The molecule has 3 rings (SSSR count). The first-order chi connectivity index (χ1) is 10.1. The summed E-state index contributed by atoms with van der Waals surface area (Å²) in [5.74, 6) is 1.15. The van der Waals surface area contributed by atoms with Crippen molar-refractivity contribution in [3.05, 3.63) is 17.5 Å². The van der Waals surface area contributed by atoms with E-state index in [1.54, 1.807) is 0 Å². The van der Waals surface area contributed by atoms with E-state index in [1.165, 1.54) is 0 Å². The molecule has 6 heteroatoms. The Bertz CT molecular complexity index is 494. The summed E-state index contributed by atoms with van der Waals surface area (Å²) in [6, 6.07) is 2.03. The van der Waals surface area contributed by atoms with E-state index in [0.717, 1.165) is 63.4 Å². The van der Waals surface area contributed by atoms with Crippen LogP contribution in [0.25, 0.3) is 0 Å². The highest BCUT2D eigenvalue weighted by Crippen LogP contribution is 2.26. The third kappa shape index (κ3) is 3.27. The van der Waals surface area contributed by atoms with Gasteiger partial charge in [0.1, 0.15) is 5.76 Å². The van der Waals surface area contributed by atoms with E-state index < -0.39 is 0 Å². The van der Waals surface area contributed by atoms with Gasteiger partial charge < -0.3 is 15.2 Å². The van der Waals surface area contributed by atoms with Crippen LogP contribution >= 0.6 is 0 Å². The van der Waals surface area contributed by atoms with Crippen molar-refractivity contribution in [2.24, 2.45) is 11.7 Å². The lowest BCUT2D eigenvalue weighted by atomic mass is 10.0. The number of aryl methyl sites for hydroxylation is 1. The SMILES string of the molecule is Cc1cc(CN2CCN(C(=O)C3CCCC3N)CC2)no1. The Balaban J connectivity index is 1.49. The standard InChI is InChI=1S/C15H24N4O2/c1-11-9-12(17-21-11)10-18-5-7-19(8-6-18)15(20)13-3-2-4-14(13)16/h9,13-14H,2-8,10,16H2,1H3. The second-order valence-corrected chi connectivity index (χ2v) is 6.23. The molecule has 1 aromatic rings. The summed E-state index contributed by atoms with van der Waals surface area (Å²) in [5, 5.41) is 4.02. The van der Waals surface area contributed by atoms with Crippen LogP contribution in [0.2, 0.25) is 0 Å². The first-order valence-electron chi connectivity index (χ1n) is 7.82. The van der Waals surface area contributed by atoms with Crippen molar-refractivity contribution in [1.29, 1.82) is 0 Å². The van der Waals surface area contributed by atoms with Crippen molar-refractivity contribution in [2.75, 3.05) is 26.2 Å². The molecule has 2 aliphatic rings. The Morgan fingerprint density at radius 2 is 2.14 bits per heavy atom. The number of nitrogens with zero attached hydrogens (tertiary/aromatic N) is 3. The minimum atomic E-state index is 0.0507. The van der Waals surface area contributed by atoms with E-state index in [4.69, 9.17) is 10.3 Å². The van der Waals surface area contributed by atoms with Gasteiger partial charge in [0.05, 0.1) is 11.6 Å². The molecule has 116 valence electrons. The van der Waals surface area contributed by atoms with E-state index in [2.05, 4.69) is 10.1 Å². The highest BCUT2D eigenvalue weighted by Gasteiger charge is 2.34. The second-order valence-electron chi connectivity index (χ2n) is 6.23.